The van der Waals surface area contributed by atoms with Gasteiger partial charge in [-0.1, -0.05) is 0 Å². The fourth-order valence-electron chi connectivity index (χ4n) is 1.35. The number of pyridine rings is 1. The van der Waals surface area contributed by atoms with Crippen LogP contribution in [0.5, 0.6) is 0 Å². The molecule has 1 atom stereocenters. The van der Waals surface area contributed by atoms with Gasteiger partial charge in [-0.25, -0.2) is 4.39 Å². The Bertz CT molecular complexity index is 269. The zero-order chi connectivity index (χ0) is 9.10. The monoisotopic (exact) mass is 182 g/mol. The number of hydrogen-bond acceptors (Lipinski definition) is 3. The second-order valence-electron chi connectivity index (χ2n) is 2.98. The van der Waals surface area contributed by atoms with Gasteiger partial charge in [0.05, 0.1) is 31.1 Å². The lowest BCUT2D eigenvalue weighted by Gasteiger charge is -2.23. The summed E-state index contributed by atoms with van der Waals surface area (Å²) in [5.41, 5.74) is 0.834. The van der Waals surface area contributed by atoms with Gasteiger partial charge in [-0.2, -0.15) is 0 Å². The van der Waals surface area contributed by atoms with Crippen LogP contribution in [0, 0.1) is 5.82 Å². The summed E-state index contributed by atoms with van der Waals surface area (Å²) in [7, 11) is 0. The van der Waals surface area contributed by atoms with Crippen LogP contribution in [0.25, 0.3) is 0 Å². The minimum Gasteiger partial charge on any atom is -0.378 e. The van der Waals surface area contributed by atoms with Crippen molar-refractivity contribution in [1.82, 2.24) is 10.3 Å². The molecule has 4 heteroatoms. The number of halogens is 1. The molecule has 1 N–H and O–H groups in total. The summed E-state index contributed by atoms with van der Waals surface area (Å²) in [6, 6.07) is 3.20. The minimum absolute atomic E-state index is 0.106. The lowest BCUT2D eigenvalue weighted by atomic mass is 10.2. The van der Waals surface area contributed by atoms with Crippen LogP contribution in [0.15, 0.2) is 18.3 Å². The van der Waals surface area contributed by atoms with E-state index in [0.29, 0.717) is 6.61 Å². The first-order valence-electron chi connectivity index (χ1n) is 4.29. The number of aromatic nitrogens is 1. The van der Waals surface area contributed by atoms with Crippen LogP contribution in [0.3, 0.4) is 0 Å². The van der Waals surface area contributed by atoms with Crippen molar-refractivity contribution >= 4 is 0 Å². The summed E-state index contributed by atoms with van der Waals surface area (Å²) in [5.74, 6) is -0.305. The quantitative estimate of drug-likeness (QED) is 0.700. The van der Waals surface area contributed by atoms with Gasteiger partial charge < -0.3 is 10.1 Å². The molecule has 0 aromatic carbocycles. The van der Waals surface area contributed by atoms with E-state index in [9.17, 15) is 4.39 Å². The second kappa shape index (κ2) is 3.81. The molecule has 0 amide bonds. The molecule has 1 saturated heterocycles. The SMILES string of the molecule is Fc1ccc(C2COCCN2)nc1. The average molecular weight is 182 g/mol. The van der Waals surface area contributed by atoms with Crippen molar-refractivity contribution in [2.24, 2.45) is 0 Å². The van der Waals surface area contributed by atoms with E-state index in [0.717, 1.165) is 18.8 Å². The Labute approximate surface area is 75.9 Å². The summed E-state index contributed by atoms with van der Waals surface area (Å²) in [5, 5.41) is 3.24. The molecular weight excluding hydrogens is 171 g/mol. The predicted octanol–water partition coefficient (Wildman–Crippen LogP) is 0.882. The Morgan fingerprint density at radius 1 is 1.54 bits per heavy atom. The summed E-state index contributed by atoms with van der Waals surface area (Å²) in [6.45, 7) is 2.17. The van der Waals surface area contributed by atoms with Gasteiger partial charge in [0.25, 0.3) is 0 Å². The highest BCUT2D eigenvalue weighted by Crippen LogP contribution is 2.12. The summed E-state index contributed by atoms with van der Waals surface area (Å²) >= 11 is 0. The smallest absolute Gasteiger partial charge is 0.141 e. The normalized spacial score (nSPS) is 23.0. The zero-order valence-electron chi connectivity index (χ0n) is 7.16. The van der Waals surface area contributed by atoms with E-state index in [1.165, 1.54) is 12.3 Å². The average Bonchev–Trinajstić information content (AvgIpc) is 2.20. The molecule has 1 unspecified atom stereocenters. The van der Waals surface area contributed by atoms with Crippen LogP contribution in [-0.2, 0) is 4.74 Å². The van der Waals surface area contributed by atoms with Gasteiger partial charge in [0, 0.05) is 6.54 Å². The molecule has 13 heavy (non-hydrogen) atoms. The highest BCUT2D eigenvalue weighted by Gasteiger charge is 2.15. The number of morpholine rings is 1. The van der Waals surface area contributed by atoms with Gasteiger partial charge in [-0.3, -0.25) is 4.98 Å². The molecule has 0 saturated carbocycles. The molecule has 2 rings (SSSR count). The predicted molar refractivity (Wildman–Crippen MR) is 45.8 cm³/mol. The van der Waals surface area contributed by atoms with Crippen LogP contribution in [0.1, 0.15) is 11.7 Å². The Hall–Kier alpha value is -1.00. The van der Waals surface area contributed by atoms with Gasteiger partial charge in [-0.15, -0.1) is 0 Å². The van der Waals surface area contributed by atoms with E-state index in [-0.39, 0.29) is 11.9 Å². The third-order valence-electron chi connectivity index (χ3n) is 2.03. The van der Waals surface area contributed by atoms with Crippen LogP contribution < -0.4 is 5.32 Å². The van der Waals surface area contributed by atoms with Crippen molar-refractivity contribution in [3.8, 4) is 0 Å². The number of nitrogens with one attached hydrogen (secondary N) is 1. The third-order valence-corrected chi connectivity index (χ3v) is 2.03. The fraction of sp³-hybridized carbons (Fsp3) is 0.444. The standard InChI is InChI=1S/C9H11FN2O/c10-7-1-2-8(12-5-7)9-6-13-4-3-11-9/h1-2,5,9,11H,3-4,6H2. The maximum atomic E-state index is 12.5. The maximum absolute atomic E-state index is 12.5. The Kier molecular flexibility index (Phi) is 2.52. The van der Waals surface area contributed by atoms with E-state index in [4.69, 9.17) is 4.74 Å². The number of rotatable bonds is 1. The van der Waals surface area contributed by atoms with Gasteiger partial charge in [0.1, 0.15) is 5.82 Å². The number of ether oxygens (including phenoxy) is 1. The molecule has 2 heterocycles. The van der Waals surface area contributed by atoms with Gasteiger partial charge in [0.2, 0.25) is 0 Å². The van der Waals surface area contributed by atoms with Gasteiger partial charge in [-0.05, 0) is 12.1 Å². The molecule has 3 nitrogen and oxygen atoms in total. The Balaban J connectivity index is 2.10. The second-order valence-corrected chi connectivity index (χ2v) is 2.98. The lowest BCUT2D eigenvalue weighted by molar-refractivity contribution is 0.0756. The van der Waals surface area contributed by atoms with Gasteiger partial charge >= 0.3 is 0 Å². The van der Waals surface area contributed by atoms with Gasteiger partial charge in [0.15, 0.2) is 0 Å². The molecule has 70 valence electrons. The van der Waals surface area contributed by atoms with E-state index >= 15 is 0 Å². The molecule has 1 aliphatic rings. The largest absolute Gasteiger partial charge is 0.378 e. The van der Waals surface area contributed by atoms with Crippen molar-refractivity contribution in [1.29, 1.82) is 0 Å². The third kappa shape index (κ3) is 2.02. The van der Waals surface area contributed by atoms with Crippen LogP contribution in [0.4, 0.5) is 4.39 Å². The highest BCUT2D eigenvalue weighted by atomic mass is 19.1. The number of hydrogen-bond donors (Lipinski definition) is 1. The number of nitrogens with zero attached hydrogens (tertiary/aromatic N) is 1. The first-order chi connectivity index (χ1) is 6.36. The van der Waals surface area contributed by atoms with Crippen molar-refractivity contribution in [2.45, 2.75) is 6.04 Å². The topological polar surface area (TPSA) is 34.1 Å². The van der Waals surface area contributed by atoms with Crippen molar-refractivity contribution < 1.29 is 9.13 Å². The maximum Gasteiger partial charge on any atom is 0.141 e. The van der Waals surface area contributed by atoms with E-state index in [2.05, 4.69) is 10.3 Å². The molecule has 0 aliphatic carbocycles. The first-order valence-corrected chi connectivity index (χ1v) is 4.29. The van der Waals surface area contributed by atoms with E-state index in [1.54, 1.807) is 6.07 Å². The van der Waals surface area contributed by atoms with Crippen LogP contribution in [0.2, 0.25) is 0 Å². The van der Waals surface area contributed by atoms with Crippen molar-refractivity contribution in [2.75, 3.05) is 19.8 Å². The summed E-state index contributed by atoms with van der Waals surface area (Å²) < 4.78 is 17.8. The molecule has 0 bridgehead atoms. The van der Waals surface area contributed by atoms with E-state index < -0.39 is 0 Å². The van der Waals surface area contributed by atoms with E-state index in [1.807, 2.05) is 0 Å². The Morgan fingerprint density at radius 3 is 3.08 bits per heavy atom. The molecule has 1 aromatic rings. The molecular formula is C9H11FN2O. The van der Waals surface area contributed by atoms with Crippen LogP contribution in [-0.4, -0.2) is 24.7 Å². The lowest BCUT2D eigenvalue weighted by Crippen LogP contribution is -2.35. The fourth-order valence-corrected chi connectivity index (χ4v) is 1.35. The van der Waals surface area contributed by atoms with Crippen LogP contribution >= 0.6 is 0 Å². The molecule has 1 aromatic heterocycles. The molecule has 1 aliphatic heterocycles. The Morgan fingerprint density at radius 2 is 2.46 bits per heavy atom. The summed E-state index contributed by atoms with van der Waals surface area (Å²) in [6.07, 6.45) is 1.23. The zero-order valence-corrected chi connectivity index (χ0v) is 7.16. The summed E-state index contributed by atoms with van der Waals surface area (Å²) in [4.78, 5) is 3.98. The minimum atomic E-state index is -0.305. The first kappa shape index (κ1) is 8.59. The molecule has 0 spiro atoms. The molecule has 1 fully saturated rings. The van der Waals surface area contributed by atoms with Crippen molar-refractivity contribution in [3.63, 3.8) is 0 Å². The van der Waals surface area contributed by atoms with Crippen molar-refractivity contribution in [3.05, 3.63) is 29.8 Å². The molecule has 0 radical (unpaired) electrons. The highest BCUT2D eigenvalue weighted by molar-refractivity contribution is 5.10.